The van der Waals surface area contributed by atoms with E-state index in [1.165, 1.54) is 18.3 Å². The Morgan fingerprint density at radius 2 is 1.65 bits per heavy atom. The average Bonchev–Trinajstić information content (AvgIpc) is 2.58. The highest BCUT2D eigenvalue weighted by molar-refractivity contribution is 5.55. The quantitative estimate of drug-likeness (QED) is 0.705. The highest BCUT2D eigenvalue weighted by Crippen LogP contribution is 2.24. The number of ether oxygens (including phenoxy) is 1. The van der Waals surface area contributed by atoms with Gasteiger partial charge in [0.2, 0.25) is 0 Å². The summed E-state index contributed by atoms with van der Waals surface area (Å²) in [5, 5.41) is 16.5. The van der Waals surface area contributed by atoms with Crippen LogP contribution in [0.2, 0.25) is 0 Å². The van der Waals surface area contributed by atoms with Crippen molar-refractivity contribution in [3.8, 4) is 22.9 Å². The van der Waals surface area contributed by atoms with Crippen LogP contribution in [0.1, 0.15) is 5.69 Å². The van der Waals surface area contributed by atoms with Gasteiger partial charge < -0.3 is 9.94 Å². The SMILES string of the molecule is ONCc1cnnc(-c2ccc(Oc3ccc(F)cc3)cc2)n1. The maximum atomic E-state index is 12.9. The average molecular weight is 312 g/mol. The van der Waals surface area contributed by atoms with Gasteiger partial charge in [0.05, 0.1) is 18.4 Å². The topological polar surface area (TPSA) is 80.2 Å². The third-order valence-corrected chi connectivity index (χ3v) is 3.03. The van der Waals surface area contributed by atoms with Gasteiger partial charge in [-0.2, -0.15) is 10.6 Å². The molecule has 0 aliphatic carbocycles. The van der Waals surface area contributed by atoms with Crippen molar-refractivity contribution in [3.63, 3.8) is 0 Å². The number of nitrogens with zero attached hydrogens (tertiary/aromatic N) is 3. The van der Waals surface area contributed by atoms with Crippen molar-refractivity contribution in [1.29, 1.82) is 0 Å². The Morgan fingerprint density at radius 3 is 2.30 bits per heavy atom. The van der Waals surface area contributed by atoms with Gasteiger partial charge in [-0.25, -0.2) is 9.37 Å². The molecule has 23 heavy (non-hydrogen) atoms. The van der Waals surface area contributed by atoms with Crippen molar-refractivity contribution < 1.29 is 14.3 Å². The summed E-state index contributed by atoms with van der Waals surface area (Å²) in [5.41, 5.74) is 3.37. The summed E-state index contributed by atoms with van der Waals surface area (Å²) in [6, 6.07) is 12.9. The molecule has 0 saturated heterocycles. The largest absolute Gasteiger partial charge is 0.457 e. The van der Waals surface area contributed by atoms with Crippen molar-refractivity contribution >= 4 is 0 Å². The van der Waals surface area contributed by atoms with Gasteiger partial charge in [0.15, 0.2) is 5.82 Å². The van der Waals surface area contributed by atoms with Gasteiger partial charge in [-0.15, -0.1) is 5.10 Å². The fourth-order valence-electron chi connectivity index (χ4n) is 1.94. The number of nitrogens with one attached hydrogen (secondary N) is 1. The van der Waals surface area contributed by atoms with Crippen LogP contribution in [0.25, 0.3) is 11.4 Å². The molecule has 3 aromatic rings. The number of halogens is 1. The Balaban J connectivity index is 1.76. The predicted octanol–water partition coefficient (Wildman–Crippen LogP) is 2.95. The second kappa shape index (κ2) is 6.91. The van der Waals surface area contributed by atoms with E-state index in [4.69, 9.17) is 9.94 Å². The molecule has 0 radical (unpaired) electrons. The fraction of sp³-hybridized carbons (Fsp3) is 0.0625. The van der Waals surface area contributed by atoms with E-state index in [2.05, 4.69) is 15.2 Å². The summed E-state index contributed by atoms with van der Waals surface area (Å²) in [6.45, 7) is 0.189. The summed E-state index contributed by atoms with van der Waals surface area (Å²) in [5.74, 6) is 1.30. The second-order valence-electron chi connectivity index (χ2n) is 4.69. The minimum atomic E-state index is -0.311. The van der Waals surface area contributed by atoms with E-state index >= 15 is 0 Å². The first-order chi connectivity index (χ1) is 11.2. The number of hydrogen-bond acceptors (Lipinski definition) is 6. The molecule has 0 bridgehead atoms. The van der Waals surface area contributed by atoms with Gasteiger partial charge in [-0.1, -0.05) is 0 Å². The maximum absolute atomic E-state index is 12.9. The first-order valence-corrected chi connectivity index (χ1v) is 6.84. The molecular formula is C16H13FN4O2. The standard InChI is InChI=1S/C16H13FN4O2/c17-12-3-7-15(8-4-12)23-14-5-1-11(2-6-14)16-20-13(10-19-22)9-18-21-16/h1-9,19,22H,10H2. The molecule has 0 unspecified atom stereocenters. The van der Waals surface area contributed by atoms with Crippen LogP contribution in [0.4, 0.5) is 4.39 Å². The molecule has 0 amide bonds. The van der Waals surface area contributed by atoms with Crippen LogP contribution in [0, 0.1) is 5.82 Å². The molecule has 0 saturated carbocycles. The Morgan fingerprint density at radius 1 is 1.00 bits per heavy atom. The first kappa shape index (κ1) is 15.0. The van der Waals surface area contributed by atoms with E-state index in [0.29, 0.717) is 23.0 Å². The lowest BCUT2D eigenvalue weighted by atomic mass is 10.2. The van der Waals surface area contributed by atoms with Crippen LogP contribution in [0.5, 0.6) is 11.5 Å². The lowest BCUT2D eigenvalue weighted by Crippen LogP contribution is -2.09. The zero-order valence-corrected chi connectivity index (χ0v) is 12.0. The van der Waals surface area contributed by atoms with Crippen molar-refractivity contribution in [2.45, 2.75) is 6.54 Å². The Bertz CT molecular complexity index is 779. The number of hydroxylamine groups is 1. The third-order valence-electron chi connectivity index (χ3n) is 3.03. The number of benzene rings is 2. The van der Waals surface area contributed by atoms with Gasteiger partial charge in [0.25, 0.3) is 0 Å². The maximum Gasteiger partial charge on any atom is 0.182 e. The monoisotopic (exact) mass is 312 g/mol. The minimum absolute atomic E-state index is 0.189. The van der Waals surface area contributed by atoms with Crippen LogP contribution >= 0.6 is 0 Å². The van der Waals surface area contributed by atoms with E-state index < -0.39 is 0 Å². The molecule has 0 spiro atoms. The molecule has 1 aromatic heterocycles. The van der Waals surface area contributed by atoms with E-state index in [1.807, 2.05) is 5.48 Å². The molecule has 0 fully saturated rings. The molecule has 2 aromatic carbocycles. The summed E-state index contributed by atoms with van der Waals surface area (Å²) in [7, 11) is 0. The second-order valence-corrected chi connectivity index (χ2v) is 4.69. The van der Waals surface area contributed by atoms with Crippen LogP contribution in [0.3, 0.4) is 0 Å². The summed E-state index contributed by atoms with van der Waals surface area (Å²) in [4.78, 5) is 4.28. The number of aromatic nitrogens is 3. The van der Waals surface area contributed by atoms with Crippen molar-refractivity contribution in [1.82, 2.24) is 20.7 Å². The van der Waals surface area contributed by atoms with Gasteiger partial charge in [0, 0.05) is 5.56 Å². The van der Waals surface area contributed by atoms with Crippen molar-refractivity contribution in [2.24, 2.45) is 0 Å². The van der Waals surface area contributed by atoms with Gasteiger partial charge in [0.1, 0.15) is 17.3 Å². The van der Waals surface area contributed by atoms with E-state index in [9.17, 15) is 4.39 Å². The van der Waals surface area contributed by atoms with E-state index in [1.54, 1.807) is 36.4 Å². The normalized spacial score (nSPS) is 10.5. The van der Waals surface area contributed by atoms with Crippen LogP contribution < -0.4 is 10.2 Å². The summed E-state index contributed by atoms with van der Waals surface area (Å²) < 4.78 is 18.5. The molecule has 116 valence electrons. The summed E-state index contributed by atoms with van der Waals surface area (Å²) in [6.07, 6.45) is 1.47. The van der Waals surface area contributed by atoms with Crippen LogP contribution in [-0.4, -0.2) is 20.4 Å². The molecule has 0 atom stereocenters. The number of rotatable bonds is 5. The predicted molar refractivity (Wildman–Crippen MR) is 80.4 cm³/mol. The molecule has 1 heterocycles. The molecule has 6 nitrogen and oxygen atoms in total. The van der Waals surface area contributed by atoms with Crippen LogP contribution in [0.15, 0.2) is 54.7 Å². The van der Waals surface area contributed by atoms with Crippen molar-refractivity contribution in [3.05, 3.63) is 66.2 Å². The Hall–Kier alpha value is -2.90. The Labute approximate surface area is 131 Å². The molecule has 0 aliphatic heterocycles. The highest BCUT2D eigenvalue weighted by Gasteiger charge is 2.05. The third kappa shape index (κ3) is 3.85. The Kier molecular flexibility index (Phi) is 4.51. The summed E-state index contributed by atoms with van der Waals surface area (Å²) >= 11 is 0. The minimum Gasteiger partial charge on any atom is -0.457 e. The van der Waals surface area contributed by atoms with E-state index in [0.717, 1.165) is 5.56 Å². The highest BCUT2D eigenvalue weighted by atomic mass is 19.1. The van der Waals surface area contributed by atoms with Crippen molar-refractivity contribution in [2.75, 3.05) is 0 Å². The fourth-order valence-corrected chi connectivity index (χ4v) is 1.94. The first-order valence-electron chi connectivity index (χ1n) is 6.84. The van der Waals surface area contributed by atoms with Crippen LogP contribution in [-0.2, 0) is 6.54 Å². The van der Waals surface area contributed by atoms with E-state index in [-0.39, 0.29) is 12.4 Å². The lowest BCUT2D eigenvalue weighted by Gasteiger charge is -2.06. The smallest absolute Gasteiger partial charge is 0.182 e. The van der Waals surface area contributed by atoms with Gasteiger partial charge in [-0.05, 0) is 48.5 Å². The molecule has 7 heteroatoms. The van der Waals surface area contributed by atoms with Gasteiger partial charge in [-0.3, -0.25) is 0 Å². The molecule has 3 rings (SSSR count). The lowest BCUT2D eigenvalue weighted by molar-refractivity contribution is 0.160. The molecular weight excluding hydrogens is 299 g/mol. The molecule has 0 aliphatic rings. The molecule has 2 N–H and O–H groups in total. The number of hydrogen-bond donors (Lipinski definition) is 2. The zero-order chi connectivity index (χ0) is 16.1. The van der Waals surface area contributed by atoms with Gasteiger partial charge >= 0.3 is 0 Å². The zero-order valence-electron chi connectivity index (χ0n) is 12.0.